The van der Waals surface area contributed by atoms with E-state index in [-0.39, 0.29) is 30.3 Å². The molecule has 1 aromatic carbocycles. The number of aromatic nitrogens is 4. The highest BCUT2D eigenvalue weighted by molar-refractivity contribution is 5.76. The number of rotatable bonds is 8. The van der Waals surface area contributed by atoms with Crippen LogP contribution in [0.2, 0.25) is 0 Å². The Morgan fingerprint density at radius 3 is 2.58 bits per heavy atom. The largest absolute Gasteiger partial charge is 0.363 e. The summed E-state index contributed by atoms with van der Waals surface area (Å²) >= 11 is 0. The first-order valence-corrected chi connectivity index (χ1v) is 9.20. The van der Waals surface area contributed by atoms with Gasteiger partial charge in [-0.05, 0) is 26.0 Å². The van der Waals surface area contributed by atoms with Crippen LogP contribution in [0, 0.1) is 23.3 Å². The van der Waals surface area contributed by atoms with Gasteiger partial charge in [0.2, 0.25) is 11.9 Å². The monoisotopic (exact) mass is 437 g/mol. The lowest BCUT2D eigenvalue weighted by molar-refractivity contribution is -0.122. The van der Waals surface area contributed by atoms with Crippen LogP contribution in [0.4, 0.5) is 35.0 Å². The molecule has 0 aliphatic heterocycles. The summed E-state index contributed by atoms with van der Waals surface area (Å²) in [7, 11) is 0. The van der Waals surface area contributed by atoms with Crippen LogP contribution in [-0.4, -0.2) is 31.7 Å². The molecule has 2 heterocycles. The highest BCUT2D eigenvalue weighted by Gasteiger charge is 2.15. The summed E-state index contributed by atoms with van der Waals surface area (Å²) in [6.45, 7) is 3.14. The summed E-state index contributed by atoms with van der Waals surface area (Å²) in [5, 5.41) is 12.0. The topological polar surface area (TPSA) is 96.8 Å². The van der Waals surface area contributed by atoms with Gasteiger partial charge in [-0.1, -0.05) is 0 Å². The SMILES string of the molecule is CC(C)NC(=O)Cn1cc(Nc2ncc(F)c(NCc3c(F)ccc(F)c3F)n2)cn1. The molecule has 164 valence electrons. The number of anilines is 3. The van der Waals surface area contributed by atoms with Gasteiger partial charge < -0.3 is 16.0 Å². The molecule has 0 aliphatic rings. The molecule has 8 nitrogen and oxygen atoms in total. The molecule has 0 radical (unpaired) electrons. The third kappa shape index (κ3) is 5.68. The van der Waals surface area contributed by atoms with Crippen molar-refractivity contribution in [1.82, 2.24) is 25.1 Å². The molecule has 31 heavy (non-hydrogen) atoms. The molecule has 12 heteroatoms. The summed E-state index contributed by atoms with van der Waals surface area (Å²) in [6.07, 6.45) is 3.80. The van der Waals surface area contributed by atoms with Crippen LogP contribution < -0.4 is 16.0 Å². The van der Waals surface area contributed by atoms with Gasteiger partial charge >= 0.3 is 0 Å². The van der Waals surface area contributed by atoms with Crippen molar-refractivity contribution in [3.8, 4) is 0 Å². The summed E-state index contributed by atoms with van der Waals surface area (Å²) in [6, 6.07) is 1.43. The van der Waals surface area contributed by atoms with Gasteiger partial charge in [0.25, 0.3) is 0 Å². The lowest BCUT2D eigenvalue weighted by Crippen LogP contribution is -2.33. The number of nitrogens with zero attached hydrogens (tertiary/aromatic N) is 4. The molecule has 0 bridgehead atoms. The average molecular weight is 437 g/mol. The number of nitrogens with one attached hydrogen (secondary N) is 3. The van der Waals surface area contributed by atoms with Crippen molar-refractivity contribution in [2.45, 2.75) is 33.0 Å². The maximum Gasteiger partial charge on any atom is 0.241 e. The lowest BCUT2D eigenvalue weighted by Gasteiger charge is -2.10. The van der Waals surface area contributed by atoms with E-state index < -0.39 is 35.4 Å². The summed E-state index contributed by atoms with van der Waals surface area (Å²) in [5.74, 6) is -5.03. The first-order valence-electron chi connectivity index (χ1n) is 9.20. The van der Waals surface area contributed by atoms with Crippen molar-refractivity contribution in [3.05, 3.63) is 59.6 Å². The Bertz CT molecular complexity index is 1090. The van der Waals surface area contributed by atoms with Crippen LogP contribution in [0.5, 0.6) is 0 Å². The fraction of sp³-hybridized carbons (Fsp3) is 0.263. The van der Waals surface area contributed by atoms with Crippen LogP contribution in [0.1, 0.15) is 19.4 Å². The standard InChI is InChI=1S/C19H19F4N7O/c1-10(2)27-16(31)9-30-8-11(5-26-30)28-19-25-7-15(22)18(29-19)24-6-12-13(20)3-4-14(21)17(12)23/h3-5,7-8,10H,6,9H2,1-2H3,(H,27,31)(H2,24,25,28,29). The van der Waals surface area contributed by atoms with Gasteiger partial charge in [0.1, 0.15) is 12.4 Å². The van der Waals surface area contributed by atoms with E-state index in [1.807, 2.05) is 13.8 Å². The minimum absolute atomic E-state index is 0.00169. The van der Waals surface area contributed by atoms with Crippen LogP contribution >= 0.6 is 0 Å². The Hall–Kier alpha value is -3.70. The molecule has 0 fully saturated rings. The third-order valence-electron chi connectivity index (χ3n) is 3.96. The van der Waals surface area contributed by atoms with Crippen molar-refractivity contribution < 1.29 is 22.4 Å². The predicted molar refractivity (Wildman–Crippen MR) is 104 cm³/mol. The Labute approximate surface area is 174 Å². The molecule has 0 atom stereocenters. The number of halogens is 4. The first kappa shape index (κ1) is 22.0. The Kier molecular flexibility index (Phi) is 6.68. The number of carbonyl (C=O) groups excluding carboxylic acids is 1. The zero-order valence-corrected chi connectivity index (χ0v) is 16.6. The second kappa shape index (κ2) is 9.41. The average Bonchev–Trinajstić information content (AvgIpc) is 3.13. The van der Waals surface area contributed by atoms with Crippen molar-refractivity contribution in [2.75, 3.05) is 10.6 Å². The van der Waals surface area contributed by atoms with Gasteiger partial charge in [-0.15, -0.1) is 0 Å². The molecule has 0 aliphatic carbocycles. The molecule has 2 aromatic heterocycles. The molecule has 3 rings (SSSR count). The normalized spacial score (nSPS) is 10.9. The van der Waals surface area contributed by atoms with Gasteiger partial charge in [-0.3, -0.25) is 9.48 Å². The van der Waals surface area contributed by atoms with E-state index in [0.717, 1.165) is 12.3 Å². The molecular formula is C19H19F4N7O. The highest BCUT2D eigenvalue weighted by Crippen LogP contribution is 2.20. The highest BCUT2D eigenvalue weighted by atomic mass is 19.2. The van der Waals surface area contributed by atoms with E-state index >= 15 is 0 Å². The van der Waals surface area contributed by atoms with E-state index in [1.165, 1.54) is 17.1 Å². The number of carbonyl (C=O) groups is 1. The van der Waals surface area contributed by atoms with Crippen molar-refractivity contribution >= 4 is 23.4 Å². The van der Waals surface area contributed by atoms with Crippen molar-refractivity contribution in [1.29, 1.82) is 0 Å². The first-order chi connectivity index (χ1) is 14.7. The van der Waals surface area contributed by atoms with Gasteiger partial charge in [-0.25, -0.2) is 22.5 Å². The zero-order chi connectivity index (χ0) is 22.5. The molecule has 1 amide bonds. The summed E-state index contributed by atoms with van der Waals surface area (Å²) < 4.78 is 56.2. The van der Waals surface area contributed by atoms with Crippen molar-refractivity contribution in [3.63, 3.8) is 0 Å². The van der Waals surface area contributed by atoms with Crippen LogP contribution in [0.25, 0.3) is 0 Å². The van der Waals surface area contributed by atoms with Crippen LogP contribution in [0.3, 0.4) is 0 Å². The van der Waals surface area contributed by atoms with E-state index in [0.29, 0.717) is 11.8 Å². The van der Waals surface area contributed by atoms with E-state index in [9.17, 15) is 22.4 Å². The van der Waals surface area contributed by atoms with Crippen LogP contribution in [-0.2, 0) is 17.9 Å². The maximum absolute atomic E-state index is 14.0. The Morgan fingerprint density at radius 1 is 1.10 bits per heavy atom. The second-order valence-corrected chi connectivity index (χ2v) is 6.84. The number of hydrogen-bond donors (Lipinski definition) is 3. The van der Waals surface area contributed by atoms with Crippen molar-refractivity contribution in [2.24, 2.45) is 0 Å². The summed E-state index contributed by atoms with van der Waals surface area (Å²) in [4.78, 5) is 19.5. The minimum Gasteiger partial charge on any atom is -0.363 e. The molecule has 0 saturated heterocycles. The number of hydrogen-bond acceptors (Lipinski definition) is 6. The van der Waals surface area contributed by atoms with Crippen LogP contribution in [0.15, 0.2) is 30.7 Å². The van der Waals surface area contributed by atoms with Gasteiger partial charge in [0.15, 0.2) is 23.3 Å². The van der Waals surface area contributed by atoms with Gasteiger partial charge in [-0.2, -0.15) is 10.1 Å². The molecule has 3 aromatic rings. The Morgan fingerprint density at radius 2 is 1.84 bits per heavy atom. The third-order valence-corrected chi connectivity index (χ3v) is 3.96. The molecule has 3 N–H and O–H groups in total. The molecule has 0 saturated carbocycles. The molecular weight excluding hydrogens is 418 g/mol. The molecule has 0 spiro atoms. The lowest BCUT2D eigenvalue weighted by atomic mass is 10.2. The van der Waals surface area contributed by atoms with E-state index in [1.54, 1.807) is 0 Å². The summed E-state index contributed by atoms with van der Waals surface area (Å²) in [5.41, 5.74) is -0.161. The second-order valence-electron chi connectivity index (χ2n) is 6.84. The predicted octanol–water partition coefficient (Wildman–Crippen LogP) is 3.11. The fourth-order valence-corrected chi connectivity index (χ4v) is 2.61. The van der Waals surface area contributed by atoms with E-state index in [4.69, 9.17) is 0 Å². The Balaban J connectivity index is 1.68. The van der Waals surface area contributed by atoms with Gasteiger partial charge in [0.05, 0.1) is 18.1 Å². The van der Waals surface area contributed by atoms with Gasteiger partial charge in [0, 0.05) is 24.3 Å². The maximum atomic E-state index is 14.0. The number of amides is 1. The quantitative estimate of drug-likeness (QED) is 0.370. The number of benzene rings is 1. The van der Waals surface area contributed by atoms with E-state index in [2.05, 4.69) is 31.0 Å². The minimum atomic E-state index is -1.37. The fourth-order valence-electron chi connectivity index (χ4n) is 2.61. The zero-order valence-electron chi connectivity index (χ0n) is 16.6. The smallest absolute Gasteiger partial charge is 0.241 e. The molecule has 0 unspecified atom stereocenters.